The van der Waals surface area contributed by atoms with Crippen molar-refractivity contribution in [3.8, 4) is 6.07 Å². The highest BCUT2D eigenvalue weighted by atomic mass is 15.3. The third-order valence-electron chi connectivity index (χ3n) is 7.82. The molecule has 0 bridgehead atoms. The Kier molecular flexibility index (Phi) is 10.0. The van der Waals surface area contributed by atoms with Crippen molar-refractivity contribution in [1.82, 2.24) is 25.8 Å². The average molecular weight is 489 g/mol. The predicted molar refractivity (Wildman–Crippen MR) is 148 cm³/mol. The predicted octanol–water partition coefficient (Wildman–Crippen LogP) is 3.90. The minimum atomic E-state index is -0.0902. The van der Waals surface area contributed by atoms with Gasteiger partial charge in [0.05, 0.1) is 18.2 Å². The minimum absolute atomic E-state index is 0.0902. The number of fused-ring (bicyclic) bond motifs is 1. The molecule has 3 aliphatic rings. The molecule has 1 aliphatic carbocycles. The molecule has 2 aliphatic heterocycles. The first-order valence-electron chi connectivity index (χ1n) is 13.8. The summed E-state index contributed by atoms with van der Waals surface area (Å²) in [6, 6.07) is 11.8. The summed E-state index contributed by atoms with van der Waals surface area (Å²) in [6.07, 6.45) is 15.2. The number of benzene rings is 1. The highest BCUT2D eigenvalue weighted by Crippen LogP contribution is 2.21. The lowest BCUT2D eigenvalue weighted by Gasteiger charge is -2.35. The zero-order valence-electron chi connectivity index (χ0n) is 22.0. The number of likely N-dealkylation sites (N-methyl/N-ethyl adjacent to an activating group) is 1. The Morgan fingerprint density at radius 2 is 2.00 bits per heavy atom. The number of hydrogen-bond donors (Lipinski definition) is 3. The maximum atomic E-state index is 9.89. The van der Waals surface area contributed by atoms with Crippen LogP contribution in [0.2, 0.25) is 0 Å². The van der Waals surface area contributed by atoms with E-state index in [2.05, 4.69) is 81.9 Å². The Morgan fingerprint density at radius 1 is 1.17 bits per heavy atom. The van der Waals surface area contributed by atoms with Crippen molar-refractivity contribution >= 4 is 0 Å². The van der Waals surface area contributed by atoms with E-state index in [1.807, 2.05) is 6.20 Å². The maximum absolute atomic E-state index is 9.89. The molecule has 1 saturated carbocycles. The first kappa shape index (κ1) is 26.5. The number of rotatable bonds is 8. The molecule has 2 unspecified atom stereocenters. The van der Waals surface area contributed by atoms with E-state index in [0.29, 0.717) is 12.6 Å². The molecule has 0 spiro atoms. The molecule has 0 aromatic heterocycles. The van der Waals surface area contributed by atoms with Crippen LogP contribution in [-0.4, -0.2) is 61.8 Å². The van der Waals surface area contributed by atoms with Gasteiger partial charge in [-0.2, -0.15) is 5.26 Å². The molecule has 0 amide bonds. The quantitative estimate of drug-likeness (QED) is 0.516. The highest BCUT2D eigenvalue weighted by Gasteiger charge is 2.23. The average Bonchev–Trinajstić information content (AvgIpc) is 2.86. The van der Waals surface area contributed by atoms with Gasteiger partial charge in [0.2, 0.25) is 0 Å². The van der Waals surface area contributed by atoms with E-state index in [1.165, 1.54) is 49.7 Å². The summed E-state index contributed by atoms with van der Waals surface area (Å²) in [4.78, 5) is 4.84. The first-order valence-corrected chi connectivity index (χ1v) is 13.8. The number of allylic oxidation sites excluding steroid dienone is 1. The molecule has 194 valence electrons. The maximum Gasteiger partial charge on any atom is 0.0798 e. The van der Waals surface area contributed by atoms with Crippen LogP contribution < -0.4 is 16.0 Å². The van der Waals surface area contributed by atoms with E-state index < -0.39 is 0 Å². The second kappa shape index (κ2) is 13.6. The molecule has 2 heterocycles. The van der Waals surface area contributed by atoms with Crippen molar-refractivity contribution in [2.45, 2.75) is 63.7 Å². The molecular weight excluding hydrogens is 444 g/mol. The molecular formula is C30H44N6. The summed E-state index contributed by atoms with van der Waals surface area (Å²) >= 11 is 0. The number of nitriles is 1. The van der Waals surface area contributed by atoms with Gasteiger partial charge in [0.25, 0.3) is 0 Å². The van der Waals surface area contributed by atoms with Gasteiger partial charge >= 0.3 is 0 Å². The molecule has 1 fully saturated rings. The van der Waals surface area contributed by atoms with Crippen molar-refractivity contribution in [2.24, 2.45) is 5.92 Å². The largest absolute Gasteiger partial charge is 0.391 e. The zero-order chi connectivity index (χ0) is 25.2. The van der Waals surface area contributed by atoms with Crippen LogP contribution in [0.15, 0.2) is 60.5 Å². The summed E-state index contributed by atoms with van der Waals surface area (Å²) < 4.78 is 0. The highest BCUT2D eigenvalue weighted by molar-refractivity contribution is 5.38. The Labute approximate surface area is 218 Å². The van der Waals surface area contributed by atoms with Crippen LogP contribution in [0.5, 0.6) is 0 Å². The van der Waals surface area contributed by atoms with Crippen LogP contribution in [-0.2, 0) is 13.0 Å². The van der Waals surface area contributed by atoms with Gasteiger partial charge in [0.15, 0.2) is 0 Å². The summed E-state index contributed by atoms with van der Waals surface area (Å²) in [5, 5.41) is 20.7. The summed E-state index contributed by atoms with van der Waals surface area (Å²) in [5.74, 6) is -0.0902. The molecule has 4 rings (SSSR count). The lowest BCUT2D eigenvalue weighted by molar-refractivity contribution is 0.192. The molecule has 1 aromatic carbocycles. The monoisotopic (exact) mass is 488 g/mol. The van der Waals surface area contributed by atoms with E-state index in [9.17, 15) is 5.26 Å². The van der Waals surface area contributed by atoms with Crippen LogP contribution in [0.1, 0.15) is 49.7 Å². The smallest absolute Gasteiger partial charge is 0.0798 e. The second-order valence-corrected chi connectivity index (χ2v) is 10.6. The van der Waals surface area contributed by atoms with Gasteiger partial charge in [-0.05, 0) is 80.7 Å². The SMILES string of the molecule is C=C(NCC(C#N)CN1CCc2ccccc2C1)C1=CC(NC2CCC2)N(C)CCCCCNC=C1. The van der Waals surface area contributed by atoms with E-state index in [1.54, 1.807) is 0 Å². The third kappa shape index (κ3) is 7.70. The molecule has 3 N–H and O–H groups in total. The van der Waals surface area contributed by atoms with Gasteiger partial charge < -0.3 is 10.6 Å². The van der Waals surface area contributed by atoms with Crippen molar-refractivity contribution < 1.29 is 0 Å². The van der Waals surface area contributed by atoms with Crippen molar-refractivity contribution in [3.05, 3.63) is 71.6 Å². The molecule has 0 saturated heterocycles. The molecule has 36 heavy (non-hydrogen) atoms. The van der Waals surface area contributed by atoms with E-state index in [4.69, 9.17) is 0 Å². The van der Waals surface area contributed by atoms with E-state index in [-0.39, 0.29) is 12.1 Å². The number of hydrogen-bond acceptors (Lipinski definition) is 6. The van der Waals surface area contributed by atoms with Crippen LogP contribution in [0.4, 0.5) is 0 Å². The van der Waals surface area contributed by atoms with Crippen molar-refractivity contribution in [2.75, 3.05) is 39.8 Å². The number of nitrogens with zero attached hydrogens (tertiary/aromatic N) is 3. The van der Waals surface area contributed by atoms with Crippen LogP contribution in [0.25, 0.3) is 0 Å². The van der Waals surface area contributed by atoms with Crippen LogP contribution in [0, 0.1) is 17.2 Å². The third-order valence-corrected chi connectivity index (χ3v) is 7.82. The van der Waals surface area contributed by atoms with E-state index in [0.717, 1.165) is 50.4 Å². The minimum Gasteiger partial charge on any atom is -0.391 e. The van der Waals surface area contributed by atoms with Crippen molar-refractivity contribution in [3.63, 3.8) is 0 Å². The van der Waals surface area contributed by atoms with Crippen LogP contribution in [0.3, 0.4) is 0 Å². The Hall–Kier alpha value is -2.59. The standard InChI is InChI=1S/C30H44N6/c1-24(33-21-25(20-31)22-36-18-14-26-9-4-5-10-28(26)23-36)27-13-16-32-15-6-3-7-17-35(2)30(19-27)34-29-11-8-12-29/h4-5,9-10,13,16,19,25,29-30,32-34H,1,3,6-8,11-12,14-15,17-18,21-23H2,2H3. The fraction of sp³-hybridized carbons (Fsp3) is 0.567. The molecule has 2 atom stereocenters. The van der Waals surface area contributed by atoms with Gasteiger partial charge in [0.1, 0.15) is 0 Å². The second-order valence-electron chi connectivity index (χ2n) is 10.6. The topological polar surface area (TPSA) is 66.4 Å². The van der Waals surface area contributed by atoms with E-state index >= 15 is 0 Å². The molecule has 6 nitrogen and oxygen atoms in total. The Morgan fingerprint density at radius 3 is 2.78 bits per heavy atom. The molecule has 1 aromatic rings. The lowest BCUT2D eigenvalue weighted by Crippen LogP contribution is -2.50. The molecule has 0 radical (unpaired) electrons. The van der Waals surface area contributed by atoms with Crippen LogP contribution >= 0.6 is 0 Å². The summed E-state index contributed by atoms with van der Waals surface area (Å²) in [5.41, 5.74) is 4.79. The fourth-order valence-corrected chi connectivity index (χ4v) is 5.20. The molecule has 6 heteroatoms. The van der Waals surface area contributed by atoms with Gasteiger partial charge in [-0.3, -0.25) is 15.1 Å². The van der Waals surface area contributed by atoms with Crippen molar-refractivity contribution in [1.29, 1.82) is 5.26 Å². The zero-order valence-corrected chi connectivity index (χ0v) is 22.0. The number of nitrogens with one attached hydrogen (secondary N) is 3. The van der Waals surface area contributed by atoms with Gasteiger partial charge in [-0.1, -0.05) is 43.7 Å². The van der Waals surface area contributed by atoms with Gasteiger partial charge in [-0.15, -0.1) is 0 Å². The van der Waals surface area contributed by atoms with Gasteiger partial charge in [0, 0.05) is 44.5 Å². The first-order chi connectivity index (χ1) is 17.6. The lowest BCUT2D eigenvalue weighted by atomic mass is 9.92. The fourth-order valence-electron chi connectivity index (χ4n) is 5.20. The van der Waals surface area contributed by atoms with Gasteiger partial charge in [-0.25, -0.2) is 0 Å². The summed E-state index contributed by atoms with van der Waals surface area (Å²) in [6.45, 7) is 9.75. The Balaban J connectivity index is 1.38. The summed E-state index contributed by atoms with van der Waals surface area (Å²) in [7, 11) is 2.22. The Bertz CT molecular complexity index is 956. The normalized spacial score (nSPS) is 23.0.